The van der Waals surface area contributed by atoms with Crippen molar-refractivity contribution >= 4 is 45.3 Å². The third-order valence-electron chi connectivity index (χ3n) is 5.08. The Morgan fingerprint density at radius 1 is 1.00 bits per heavy atom. The van der Waals surface area contributed by atoms with E-state index in [0.717, 1.165) is 22.0 Å². The number of nitrogens with one attached hydrogen (secondary N) is 1. The minimum Gasteiger partial charge on any atom is -0.465 e. The lowest BCUT2D eigenvalue weighted by Crippen LogP contribution is -2.07. The molecule has 0 aliphatic rings. The topological polar surface area (TPSA) is 101 Å². The van der Waals surface area contributed by atoms with Crippen molar-refractivity contribution < 1.29 is 19.1 Å². The summed E-state index contributed by atoms with van der Waals surface area (Å²) in [6.45, 7) is 0. The number of nitrogens with zero attached hydrogens (tertiary/aromatic N) is 2. The summed E-state index contributed by atoms with van der Waals surface area (Å²) in [5.74, 6) is -1.20. The minimum absolute atomic E-state index is 0.173. The Hall–Kier alpha value is -4.48. The predicted octanol–water partition coefficient (Wildman–Crippen LogP) is 5.51. The first-order chi connectivity index (χ1) is 16.5. The van der Waals surface area contributed by atoms with Gasteiger partial charge in [0.2, 0.25) is 0 Å². The van der Waals surface area contributed by atoms with Gasteiger partial charge in [-0.25, -0.2) is 14.6 Å². The van der Waals surface area contributed by atoms with Crippen LogP contribution in [-0.2, 0) is 9.47 Å². The van der Waals surface area contributed by atoms with Gasteiger partial charge in [-0.3, -0.25) is 0 Å². The number of hydrogen-bond donors (Lipinski definition) is 1. The Kier molecular flexibility index (Phi) is 6.67. The highest BCUT2D eigenvalue weighted by molar-refractivity contribution is 7.11. The normalized spacial score (nSPS) is 11.0. The maximum atomic E-state index is 12.0. The zero-order valence-electron chi connectivity index (χ0n) is 18.4. The van der Waals surface area contributed by atoms with E-state index in [4.69, 9.17) is 9.47 Å². The Morgan fingerprint density at radius 3 is 2.35 bits per heavy atom. The number of fused-ring (bicyclic) bond motifs is 1. The smallest absolute Gasteiger partial charge is 0.337 e. The fraction of sp³-hybridized carbons (Fsp3) is 0.0769. The van der Waals surface area contributed by atoms with Crippen LogP contribution in [0.15, 0.2) is 72.2 Å². The molecule has 4 aromatic rings. The van der Waals surface area contributed by atoms with E-state index in [1.165, 1.54) is 50.0 Å². The molecule has 0 spiro atoms. The molecule has 0 aliphatic carbocycles. The summed E-state index contributed by atoms with van der Waals surface area (Å²) in [6.07, 6.45) is 1.49. The molecule has 1 aromatic heterocycles. The fourth-order valence-corrected chi connectivity index (χ4v) is 4.24. The van der Waals surface area contributed by atoms with E-state index >= 15 is 0 Å². The fourth-order valence-electron chi connectivity index (χ4n) is 3.45. The van der Waals surface area contributed by atoms with E-state index in [2.05, 4.69) is 16.4 Å². The van der Waals surface area contributed by atoms with E-state index in [1.54, 1.807) is 0 Å². The molecule has 0 unspecified atom stereocenters. The first kappa shape index (κ1) is 22.7. The number of carbonyl (C=O) groups is 2. The van der Waals surface area contributed by atoms with Crippen molar-refractivity contribution in [2.75, 3.05) is 19.5 Å². The maximum absolute atomic E-state index is 12.0. The molecule has 3 aromatic carbocycles. The number of benzene rings is 3. The van der Waals surface area contributed by atoms with E-state index < -0.39 is 11.9 Å². The van der Waals surface area contributed by atoms with Gasteiger partial charge in [0.1, 0.15) is 16.6 Å². The summed E-state index contributed by atoms with van der Waals surface area (Å²) >= 11 is 1.35. The summed E-state index contributed by atoms with van der Waals surface area (Å²) in [7, 11) is 2.51. The summed E-state index contributed by atoms with van der Waals surface area (Å²) in [6, 6.07) is 20.7. The van der Waals surface area contributed by atoms with Crippen LogP contribution in [0.25, 0.3) is 27.6 Å². The Morgan fingerprint density at radius 2 is 1.68 bits per heavy atom. The van der Waals surface area contributed by atoms with Crippen molar-refractivity contribution in [3.63, 3.8) is 0 Å². The summed E-state index contributed by atoms with van der Waals surface area (Å²) in [5, 5.41) is 17.3. The number of carbonyl (C=O) groups excluding carboxylic acids is 2. The number of thiazole rings is 1. The quantitative estimate of drug-likeness (QED) is 0.293. The van der Waals surface area contributed by atoms with Crippen LogP contribution >= 0.6 is 11.3 Å². The SMILES string of the molecule is COC(=O)c1cc(N/C=C(\C#N)c2nc(-c3cccc4ccccc34)cs2)cc(C(=O)OC)c1. The number of esters is 2. The monoisotopic (exact) mass is 469 g/mol. The third kappa shape index (κ3) is 4.65. The largest absolute Gasteiger partial charge is 0.465 e. The predicted molar refractivity (Wildman–Crippen MR) is 131 cm³/mol. The van der Waals surface area contributed by atoms with Gasteiger partial charge in [-0.2, -0.15) is 5.26 Å². The molecule has 0 atom stereocenters. The minimum atomic E-state index is -0.599. The van der Waals surface area contributed by atoms with Crippen molar-refractivity contribution in [2.24, 2.45) is 0 Å². The number of ether oxygens (including phenoxy) is 2. The Bertz CT molecular complexity index is 1430. The lowest BCUT2D eigenvalue weighted by Gasteiger charge is -2.08. The molecule has 8 heteroatoms. The van der Waals surface area contributed by atoms with Gasteiger partial charge in [0.05, 0.1) is 31.0 Å². The molecular weight excluding hydrogens is 450 g/mol. The number of aromatic nitrogens is 1. The van der Waals surface area contributed by atoms with Gasteiger partial charge in [-0.1, -0.05) is 42.5 Å². The van der Waals surface area contributed by atoms with Crippen LogP contribution in [0.1, 0.15) is 25.7 Å². The number of hydrogen-bond acceptors (Lipinski definition) is 8. The van der Waals surface area contributed by atoms with Crippen molar-refractivity contribution in [1.82, 2.24) is 4.98 Å². The number of anilines is 1. The third-order valence-corrected chi connectivity index (χ3v) is 5.95. The summed E-state index contributed by atoms with van der Waals surface area (Å²) in [5.41, 5.74) is 2.83. The van der Waals surface area contributed by atoms with Crippen LogP contribution in [0.5, 0.6) is 0 Å². The molecular formula is C26H19N3O4S. The lowest BCUT2D eigenvalue weighted by atomic mass is 10.0. The highest BCUT2D eigenvalue weighted by Crippen LogP contribution is 2.31. The van der Waals surface area contributed by atoms with Crippen molar-refractivity contribution in [1.29, 1.82) is 5.26 Å². The lowest BCUT2D eigenvalue weighted by molar-refractivity contribution is 0.0599. The molecule has 168 valence electrons. The molecule has 0 bridgehead atoms. The molecule has 4 rings (SSSR count). The van der Waals surface area contributed by atoms with Gasteiger partial charge >= 0.3 is 11.9 Å². The Balaban J connectivity index is 1.65. The zero-order valence-corrected chi connectivity index (χ0v) is 19.2. The molecule has 0 aliphatic heterocycles. The molecule has 7 nitrogen and oxygen atoms in total. The van der Waals surface area contributed by atoms with Gasteiger partial charge in [-0.05, 0) is 29.0 Å². The zero-order chi connectivity index (χ0) is 24.1. The number of allylic oxidation sites excluding steroid dienone is 1. The molecule has 1 N–H and O–H groups in total. The molecule has 0 saturated carbocycles. The maximum Gasteiger partial charge on any atom is 0.337 e. The average molecular weight is 470 g/mol. The van der Waals surface area contributed by atoms with E-state index in [1.807, 2.05) is 47.8 Å². The number of nitriles is 1. The van der Waals surface area contributed by atoms with Crippen molar-refractivity contribution in [2.45, 2.75) is 0 Å². The molecule has 34 heavy (non-hydrogen) atoms. The highest BCUT2D eigenvalue weighted by Gasteiger charge is 2.15. The first-order valence-corrected chi connectivity index (χ1v) is 11.0. The van der Waals surface area contributed by atoms with E-state index in [9.17, 15) is 14.9 Å². The van der Waals surface area contributed by atoms with Crippen molar-refractivity contribution in [3.8, 4) is 17.3 Å². The molecule has 0 radical (unpaired) electrons. The van der Waals surface area contributed by atoms with Gasteiger partial charge in [0.25, 0.3) is 0 Å². The van der Waals surface area contributed by atoms with Gasteiger partial charge in [0, 0.05) is 22.8 Å². The van der Waals surface area contributed by atoms with Gasteiger partial charge in [0.15, 0.2) is 0 Å². The average Bonchev–Trinajstić information content (AvgIpc) is 3.37. The van der Waals surface area contributed by atoms with E-state index in [0.29, 0.717) is 16.3 Å². The number of methoxy groups -OCH3 is 2. The van der Waals surface area contributed by atoms with Crippen LogP contribution in [0.2, 0.25) is 0 Å². The van der Waals surface area contributed by atoms with Gasteiger partial charge in [-0.15, -0.1) is 11.3 Å². The van der Waals surface area contributed by atoms with Crippen LogP contribution < -0.4 is 5.32 Å². The molecule has 1 heterocycles. The molecule has 0 fully saturated rings. The Labute approximate surface area is 199 Å². The second-order valence-electron chi connectivity index (χ2n) is 7.16. The van der Waals surface area contributed by atoms with Gasteiger partial charge < -0.3 is 14.8 Å². The standard InChI is InChI=1S/C26H19N3O4S/c1-32-25(30)17-10-18(26(31)33-2)12-20(11-17)28-14-19(13-27)24-29-23(15-34-24)22-9-5-7-16-6-3-4-8-21(16)22/h3-12,14-15,28H,1-2H3/b19-14+. The highest BCUT2D eigenvalue weighted by atomic mass is 32.1. The van der Waals surface area contributed by atoms with Crippen LogP contribution in [0.3, 0.4) is 0 Å². The van der Waals surface area contributed by atoms with Crippen LogP contribution in [-0.4, -0.2) is 31.1 Å². The summed E-state index contributed by atoms with van der Waals surface area (Å²) in [4.78, 5) is 28.7. The second-order valence-corrected chi connectivity index (χ2v) is 8.02. The van der Waals surface area contributed by atoms with Crippen LogP contribution in [0, 0.1) is 11.3 Å². The van der Waals surface area contributed by atoms with E-state index in [-0.39, 0.29) is 11.1 Å². The molecule has 0 saturated heterocycles. The van der Waals surface area contributed by atoms with Crippen molar-refractivity contribution in [3.05, 3.63) is 88.4 Å². The summed E-state index contributed by atoms with van der Waals surface area (Å²) < 4.78 is 9.51. The second kappa shape index (κ2) is 9.98. The number of rotatable bonds is 6. The van der Waals surface area contributed by atoms with Crippen LogP contribution in [0.4, 0.5) is 5.69 Å². The molecule has 0 amide bonds. The first-order valence-electron chi connectivity index (χ1n) is 10.2.